The minimum atomic E-state index is -0.401. The standard InChI is InChI=1S/C24H24O3/c1-17-18(13-15-22(17)19-8-4-3-5-9-19)12-14-21(25)16-20-10-6-7-11-23(20)24(26)27-2/h3-11,13,15,17H,12,14,16H2,1-2H3. The Hall–Kier alpha value is -2.94. The maximum Gasteiger partial charge on any atom is 0.338 e. The molecule has 0 radical (unpaired) electrons. The summed E-state index contributed by atoms with van der Waals surface area (Å²) in [6.07, 6.45) is 5.77. The molecule has 1 unspecified atom stereocenters. The smallest absolute Gasteiger partial charge is 0.338 e. The van der Waals surface area contributed by atoms with Gasteiger partial charge in [-0.25, -0.2) is 4.79 Å². The average Bonchev–Trinajstić information content (AvgIpc) is 3.07. The zero-order chi connectivity index (χ0) is 19.2. The van der Waals surface area contributed by atoms with Crippen LogP contribution in [0.2, 0.25) is 0 Å². The monoisotopic (exact) mass is 360 g/mol. The number of carbonyl (C=O) groups excluding carboxylic acids is 2. The zero-order valence-electron chi connectivity index (χ0n) is 15.8. The van der Waals surface area contributed by atoms with Crippen molar-refractivity contribution < 1.29 is 14.3 Å². The predicted molar refractivity (Wildman–Crippen MR) is 107 cm³/mol. The Kier molecular flexibility index (Phi) is 6.02. The Bertz CT molecular complexity index is 891. The van der Waals surface area contributed by atoms with E-state index in [9.17, 15) is 9.59 Å². The molecule has 0 saturated heterocycles. The van der Waals surface area contributed by atoms with Crippen molar-refractivity contribution in [2.75, 3.05) is 7.11 Å². The maximum atomic E-state index is 12.5. The molecule has 0 fully saturated rings. The van der Waals surface area contributed by atoms with E-state index in [0.29, 0.717) is 17.9 Å². The van der Waals surface area contributed by atoms with Crippen molar-refractivity contribution in [3.05, 3.63) is 89.0 Å². The second-order valence-electron chi connectivity index (χ2n) is 6.82. The minimum Gasteiger partial charge on any atom is -0.465 e. The van der Waals surface area contributed by atoms with Crippen LogP contribution >= 0.6 is 0 Å². The molecule has 0 bridgehead atoms. The lowest BCUT2D eigenvalue weighted by molar-refractivity contribution is -0.118. The van der Waals surface area contributed by atoms with E-state index in [0.717, 1.165) is 12.0 Å². The lowest BCUT2D eigenvalue weighted by atomic mass is 9.89. The normalized spacial score (nSPS) is 15.9. The number of methoxy groups -OCH3 is 1. The molecule has 0 heterocycles. The molecule has 0 spiro atoms. The van der Waals surface area contributed by atoms with Crippen LogP contribution in [-0.2, 0) is 16.0 Å². The summed E-state index contributed by atoms with van der Waals surface area (Å²) in [5.74, 6) is 0.0531. The van der Waals surface area contributed by atoms with E-state index in [2.05, 4.69) is 31.2 Å². The fourth-order valence-electron chi connectivity index (χ4n) is 3.53. The Balaban J connectivity index is 1.58. The van der Waals surface area contributed by atoms with E-state index in [1.165, 1.54) is 23.8 Å². The van der Waals surface area contributed by atoms with Gasteiger partial charge in [0.1, 0.15) is 5.78 Å². The third kappa shape index (κ3) is 4.43. The van der Waals surface area contributed by atoms with Crippen molar-refractivity contribution in [2.45, 2.75) is 26.2 Å². The molecular weight excluding hydrogens is 336 g/mol. The van der Waals surface area contributed by atoms with Gasteiger partial charge in [-0.05, 0) is 29.2 Å². The summed E-state index contributed by atoms with van der Waals surface area (Å²) < 4.78 is 4.80. The van der Waals surface area contributed by atoms with E-state index in [4.69, 9.17) is 4.74 Å². The van der Waals surface area contributed by atoms with Gasteiger partial charge >= 0.3 is 5.97 Å². The Labute approximate surface area is 160 Å². The number of carbonyl (C=O) groups is 2. The van der Waals surface area contributed by atoms with Crippen LogP contribution in [0.3, 0.4) is 0 Å². The van der Waals surface area contributed by atoms with Gasteiger partial charge in [0, 0.05) is 18.8 Å². The van der Waals surface area contributed by atoms with Crippen LogP contribution < -0.4 is 0 Å². The summed E-state index contributed by atoms with van der Waals surface area (Å²) in [4.78, 5) is 24.3. The molecule has 0 saturated carbocycles. The molecule has 0 aromatic heterocycles. The number of benzene rings is 2. The summed E-state index contributed by atoms with van der Waals surface area (Å²) >= 11 is 0. The molecule has 2 aromatic carbocycles. The Morgan fingerprint density at radius 3 is 2.41 bits per heavy atom. The highest BCUT2D eigenvalue weighted by Gasteiger charge is 2.21. The summed E-state index contributed by atoms with van der Waals surface area (Å²) in [6.45, 7) is 2.19. The molecule has 1 aliphatic rings. The van der Waals surface area contributed by atoms with Crippen LogP contribution in [0.1, 0.15) is 41.3 Å². The van der Waals surface area contributed by atoms with Gasteiger partial charge in [0.2, 0.25) is 0 Å². The Morgan fingerprint density at radius 1 is 0.963 bits per heavy atom. The van der Waals surface area contributed by atoms with Gasteiger partial charge in [0.05, 0.1) is 12.7 Å². The van der Waals surface area contributed by atoms with Crippen molar-refractivity contribution in [1.29, 1.82) is 0 Å². The third-order valence-electron chi connectivity index (χ3n) is 5.11. The van der Waals surface area contributed by atoms with Gasteiger partial charge in [-0.15, -0.1) is 0 Å². The first-order chi connectivity index (χ1) is 13.1. The van der Waals surface area contributed by atoms with E-state index in [1.54, 1.807) is 12.1 Å². The minimum absolute atomic E-state index is 0.132. The molecule has 27 heavy (non-hydrogen) atoms. The van der Waals surface area contributed by atoms with Crippen molar-refractivity contribution >= 4 is 17.3 Å². The van der Waals surface area contributed by atoms with Crippen molar-refractivity contribution in [3.8, 4) is 0 Å². The molecule has 1 aliphatic carbocycles. The van der Waals surface area contributed by atoms with Crippen molar-refractivity contribution in [1.82, 2.24) is 0 Å². The summed E-state index contributed by atoms with van der Waals surface area (Å²) in [5.41, 5.74) is 5.01. The zero-order valence-corrected chi connectivity index (χ0v) is 15.8. The molecule has 0 N–H and O–H groups in total. The highest BCUT2D eigenvalue weighted by Crippen LogP contribution is 2.36. The van der Waals surface area contributed by atoms with Crippen molar-refractivity contribution in [2.24, 2.45) is 5.92 Å². The largest absolute Gasteiger partial charge is 0.465 e. The molecule has 2 aromatic rings. The fourth-order valence-corrected chi connectivity index (χ4v) is 3.53. The number of ketones is 1. The molecule has 0 amide bonds. The summed E-state index contributed by atoms with van der Waals surface area (Å²) in [7, 11) is 1.35. The number of esters is 1. The van der Waals surface area contributed by atoms with E-state index >= 15 is 0 Å². The lowest BCUT2D eigenvalue weighted by Crippen LogP contribution is -2.10. The molecule has 3 heteroatoms. The Morgan fingerprint density at radius 2 is 1.67 bits per heavy atom. The number of Topliss-reactive ketones (excluding diaryl/α,β-unsaturated/α-hetero) is 1. The quantitative estimate of drug-likeness (QED) is 0.651. The van der Waals surface area contributed by atoms with Crippen LogP contribution in [0.15, 0.2) is 72.3 Å². The van der Waals surface area contributed by atoms with Crippen LogP contribution in [-0.4, -0.2) is 18.9 Å². The number of allylic oxidation sites excluding steroid dienone is 4. The van der Waals surface area contributed by atoms with E-state index < -0.39 is 5.97 Å². The van der Waals surface area contributed by atoms with Gasteiger partial charge in [-0.2, -0.15) is 0 Å². The van der Waals surface area contributed by atoms with Crippen molar-refractivity contribution in [3.63, 3.8) is 0 Å². The molecule has 138 valence electrons. The number of hydrogen-bond donors (Lipinski definition) is 0. The summed E-state index contributed by atoms with van der Waals surface area (Å²) in [5, 5.41) is 0. The van der Waals surface area contributed by atoms with Crippen LogP contribution in [0.5, 0.6) is 0 Å². The fraction of sp³-hybridized carbons (Fsp3) is 0.250. The van der Waals surface area contributed by atoms with E-state index in [-0.39, 0.29) is 12.2 Å². The lowest BCUT2D eigenvalue weighted by Gasteiger charge is -2.15. The molecule has 1 atom stereocenters. The number of rotatable bonds is 7. The van der Waals surface area contributed by atoms with Crippen LogP contribution in [0.4, 0.5) is 0 Å². The first-order valence-electron chi connectivity index (χ1n) is 9.24. The van der Waals surface area contributed by atoms with E-state index in [1.807, 2.05) is 30.3 Å². The van der Waals surface area contributed by atoms with Gasteiger partial charge in [-0.1, -0.05) is 73.2 Å². The van der Waals surface area contributed by atoms with Gasteiger partial charge in [0.25, 0.3) is 0 Å². The first-order valence-corrected chi connectivity index (χ1v) is 9.24. The highest BCUT2D eigenvalue weighted by atomic mass is 16.5. The van der Waals surface area contributed by atoms with Crippen LogP contribution in [0.25, 0.3) is 5.57 Å². The average molecular weight is 360 g/mol. The molecule has 3 nitrogen and oxygen atoms in total. The maximum absolute atomic E-state index is 12.5. The van der Waals surface area contributed by atoms with Crippen LogP contribution in [0, 0.1) is 5.92 Å². The van der Waals surface area contributed by atoms with Gasteiger partial charge in [0.15, 0.2) is 0 Å². The highest BCUT2D eigenvalue weighted by molar-refractivity contribution is 5.93. The first kappa shape index (κ1) is 18.8. The topological polar surface area (TPSA) is 43.4 Å². The number of ether oxygens (including phenoxy) is 1. The molecule has 0 aliphatic heterocycles. The predicted octanol–water partition coefficient (Wildman–Crippen LogP) is 5.02. The molecular formula is C24H24O3. The second-order valence-corrected chi connectivity index (χ2v) is 6.82. The number of hydrogen-bond acceptors (Lipinski definition) is 3. The SMILES string of the molecule is COC(=O)c1ccccc1CC(=O)CCC1=CC=C(c2ccccc2)C1C. The van der Waals surface area contributed by atoms with Gasteiger partial charge in [-0.3, -0.25) is 4.79 Å². The third-order valence-corrected chi connectivity index (χ3v) is 5.11. The molecule has 3 rings (SSSR count). The van der Waals surface area contributed by atoms with Gasteiger partial charge < -0.3 is 4.74 Å². The second kappa shape index (κ2) is 8.63. The summed E-state index contributed by atoms with van der Waals surface area (Å²) in [6, 6.07) is 17.5.